The van der Waals surface area contributed by atoms with E-state index in [9.17, 15) is 9.59 Å². The van der Waals surface area contributed by atoms with Gasteiger partial charge >= 0.3 is 0 Å². The molecular formula is C22H27N3O5S. The summed E-state index contributed by atoms with van der Waals surface area (Å²) in [5.41, 5.74) is 7.31. The van der Waals surface area contributed by atoms with Gasteiger partial charge in [0, 0.05) is 12.2 Å². The molecule has 0 saturated carbocycles. The van der Waals surface area contributed by atoms with Crippen molar-refractivity contribution in [1.82, 2.24) is 16.2 Å². The van der Waals surface area contributed by atoms with E-state index in [0.29, 0.717) is 36.9 Å². The fraction of sp³-hybridized carbons (Fsp3) is 0.318. The number of ether oxygens (including phenoxy) is 3. The second-order valence-electron chi connectivity index (χ2n) is 6.64. The molecule has 8 nitrogen and oxygen atoms in total. The molecule has 0 bridgehead atoms. The van der Waals surface area contributed by atoms with Gasteiger partial charge < -0.3 is 14.2 Å². The molecule has 0 saturated heterocycles. The van der Waals surface area contributed by atoms with E-state index >= 15 is 0 Å². The first-order chi connectivity index (χ1) is 14.9. The molecular weight excluding hydrogens is 418 g/mol. The van der Waals surface area contributed by atoms with Crippen molar-refractivity contribution in [3.8, 4) is 11.5 Å². The maximum atomic E-state index is 12.3. The Kier molecular flexibility index (Phi) is 9.73. The van der Waals surface area contributed by atoms with Crippen LogP contribution in [0, 0.1) is 13.8 Å². The van der Waals surface area contributed by atoms with Crippen molar-refractivity contribution in [3.05, 3.63) is 59.2 Å². The molecule has 9 heteroatoms. The Bertz CT molecular complexity index is 900. The van der Waals surface area contributed by atoms with E-state index in [-0.39, 0.29) is 11.7 Å². The van der Waals surface area contributed by atoms with E-state index in [1.54, 1.807) is 24.3 Å². The van der Waals surface area contributed by atoms with Crippen LogP contribution >= 0.6 is 12.2 Å². The Hall–Kier alpha value is -3.17. The smallest absolute Gasteiger partial charge is 0.276 e. The van der Waals surface area contributed by atoms with Crippen LogP contribution in [0.2, 0.25) is 0 Å². The van der Waals surface area contributed by atoms with Crippen LogP contribution in [0.5, 0.6) is 11.5 Å². The molecule has 2 amide bonds. The third kappa shape index (κ3) is 9.02. The van der Waals surface area contributed by atoms with Gasteiger partial charge in [-0.2, -0.15) is 0 Å². The second-order valence-corrected chi connectivity index (χ2v) is 7.05. The second kappa shape index (κ2) is 12.5. The summed E-state index contributed by atoms with van der Waals surface area (Å²) in [7, 11) is 0. The van der Waals surface area contributed by atoms with Crippen LogP contribution in [-0.4, -0.2) is 43.4 Å². The highest BCUT2D eigenvalue weighted by Gasteiger charge is 2.10. The normalized spacial score (nSPS) is 10.2. The van der Waals surface area contributed by atoms with Gasteiger partial charge in [-0.25, -0.2) is 0 Å². The number of amides is 2. The standard InChI is InChI=1S/C22H27N3O5S/c1-4-28-8-9-29-18-7-5-6-17(13-18)21(27)23-22(31)25-24-20(26)14-30-19-11-15(2)10-16(3)12-19/h5-7,10-13H,4,8-9,14H2,1-3H3,(H,24,26)(H2,23,25,27,31). The molecule has 0 aromatic heterocycles. The molecule has 0 aliphatic rings. The number of aryl methyl sites for hydroxylation is 2. The lowest BCUT2D eigenvalue weighted by molar-refractivity contribution is -0.123. The summed E-state index contributed by atoms with van der Waals surface area (Å²) in [6.07, 6.45) is 0. The van der Waals surface area contributed by atoms with E-state index in [2.05, 4.69) is 16.2 Å². The van der Waals surface area contributed by atoms with Crippen LogP contribution in [-0.2, 0) is 9.53 Å². The minimum absolute atomic E-state index is 0.0487. The zero-order chi connectivity index (χ0) is 22.6. The monoisotopic (exact) mass is 445 g/mol. The Morgan fingerprint density at radius 1 is 0.935 bits per heavy atom. The molecule has 2 aromatic carbocycles. The number of carbonyl (C=O) groups excluding carboxylic acids is 2. The molecule has 0 radical (unpaired) electrons. The number of carbonyl (C=O) groups is 2. The van der Waals surface area contributed by atoms with Crippen LogP contribution < -0.4 is 25.6 Å². The van der Waals surface area contributed by atoms with E-state index in [1.807, 2.05) is 39.0 Å². The van der Waals surface area contributed by atoms with E-state index in [0.717, 1.165) is 11.1 Å². The first-order valence-electron chi connectivity index (χ1n) is 9.79. The molecule has 0 aliphatic heterocycles. The number of nitrogens with one attached hydrogen (secondary N) is 3. The molecule has 3 N–H and O–H groups in total. The first kappa shape index (κ1) is 24.1. The van der Waals surface area contributed by atoms with Gasteiger partial charge in [0.2, 0.25) is 0 Å². The lowest BCUT2D eigenvalue weighted by Crippen LogP contribution is -2.49. The SMILES string of the molecule is CCOCCOc1cccc(C(=O)NC(=S)NNC(=O)COc2cc(C)cc(C)c2)c1. The van der Waals surface area contributed by atoms with E-state index < -0.39 is 11.8 Å². The molecule has 0 spiro atoms. The number of benzene rings is 2. The van der Waals surface area contributed by atoms with Crippen molar-refractivity contribution < 1.29 is 23.8 Å². The topological polar surface area (TPSA) is 97.9 Å². The summed E-state index contributed by atoms with van der Waals surface area (Å²) in [5, 5.41) is 2.44. The average molecular weight is 446 g/mol. The lowest BCUT2D eigenvalue weighted by Gasteiger charge is -2.12. The summed E-state index contributed by atoms with van der Waals surface area (Å²) in [6.45, 7) is 7.07. The highest BCUT2D eigenvalue weighted by atomic mass is 32.1. The molecule has 2 aromatic rings. The van der Waals surface area contributed by atoms with Crippen molar-refractivity contribution in [2.75, 3.05) is 26.4 Å². The highest BCUT2D eigenvalue weighted by molar-refractivity contribution is 7.80. The van der Waals surface area contributed by atoms with Crippen molar-refractivity contribution >= 4 is 29.1 Å². The zero-order valence-electron chi connectivity index (χ0n) is 17.8. The summed E-state index contributed by atoms with van der Waals surface area (Å²) >= 11 is 5.05. The lowest BCUT2D eigenvalue weighted by atomic mass is 10.1. The molecule has 166 valence electrons. The van der Waals surface area contributed by atoms with Crippen molar-refractivity contribution in [2.24, 2.45) is 0 Å². The van der Waals surface area contributed by atoms with Gasteiger partial charge in [0.25, 0.3) is 11.8 Å². The van der Waals surface area contributed by atoms with Crippen LogP contribution in [0.4, 0.5) is 0 Å². The summed E-state index contributed by atoms with van der Waals surface area (Å²) in [5.74, 6) is 0.268. The predicted molar refractivity (Wildman–Crippen MR) is 121 cm³/mol. The van der Waals surface area contributed by atoms with Gasteiger partial charge in [-0.15, -0.1) is 0 Å². The minimum atomic E-state index is -0.444. The number of hydrogen-bond donors (Lipinski definition) is 3. The number of hydrazine groups is 1. The first-order valence-corrected chi connectivity index (χ1v) is 10.2. The molecule has 0 heterocycles. The van der Waals surface area contributed by atoms with Crippen LogP contribution in [0.3, 0.4) is 0 Å². The third-order valence-corrected chi connectivity index (χ3v) is 4.11. The van der Waals surface area contributed by atoms with Gasteiger partial charge in [0.05, 0.1) is 6.61 Å². The van der Waals surface area contributed by atoms with Crippen LogP contribution in [0.25, 0.3) is 0 Å². The Labute approximate surface area is 187 Å². The number of rotatable bonds is 9. The van der Waals surface area contributed by atoms with Gasteiger partial charge in [-0.3, -0.25) is 25.8 Å². The summed E-state index contributed by atoms with van der Waals surface area (Å²) in [4.78, 5) is 24.3. The number of thiocarbonyl (C=S) groups is 1. The maximum absolute atomic E-state index is 12.3. The Morgan fingerprint density at radius 2 is 1.68 bits per heavy atom. The van der Waals surface area contributed by atoms with Gasteiger partial charge in [-0.1, -0.05) is 12.1 Å². The molecule has 0 unspecified atom stereocenters. The highest BCUT2D eigenvalue weighted by Crippen LogP contribution is 2.16. The third-order valence-electron chi connectivity index (χ3n) is 3.90. The molecule has 0 aliphatic carbocycles. The Morgan fingerprint density at radius 3 is 2.39 bits per heavy atom. The van der Waals surface area contributed by atoms with Gasteiger partial charge in [0.15, 0.2) is 11.7 Å². The zero-order valence-corrected chi connectivity index (χ0v) is 18.6. The minimum Gasteiger partial charge on any atom is -0.491 e. The van der Waals surface area contributed by atoms with Crippen LogP contribution in [0.1, 0.15) is 28.4 Å². The van der Waals surface area contributed by atoms with Crippen molar-refractivity contribution in [3.63, 3.8) is 0 Å². The quantitative estimate of drug-likeness (QED) is 0.310. The van der Waals surface area contributed by atoms with Crippen molar-refractivity contribution in [2.45, 2.75) is 20.8 Å². The Balaban J connectivity index is 1.75. The number of hydrogen-bond acceptors (Lipinski definition) is 6. The molecule has 2 rings (SSSR count). The maximum Gasteiger partial charge on any atom is 0.276 e. The predicted octanol–water partition coefficient (Wildman–Crippen LogP) is 2.43. The molecule has 0 fully saturated rings. The average Bonchev–Trinajstić information content (AvgIpc) is 2.73. The van der Waals surface area contributed by atoms with E-state index in [1.165, 1.54) is 0 Å². The van der Waals surface area contributed by atoms with Crippen LogP contribution in [0.15, 0.2) is 42.5 Å². The summed E-state index contributed by atoms with van der Waals surface area (Å²) in [6, 6.07) is 12.4. The largest absolute Gasteiger partial charge is 0.491 e. The summed E-state index contributed by atoms with van der Waals surface area (Å²) < 4.78 is 16.2. The van der Waals surface area contributed by atoms with Gasteiger partial charge in [0.1, 0.15) is 18.1 Å². The molecule has 31 heavy (non-hydrogen) atoms. The molecule has 0 atom stereocenters. The fourth-order valence-corrected chi connectivity index (χ4v) is 2.77. The van der Waals surface area contributed by atoms with E-state index in [4.69, 9.17) is 26.4 Å². The van der Waals surface area contributed by atoms with Crippen molar-refractivity contribution in [1.29, 1.82) is 0 Å². The fourth-order valence-electron chi connectivity index (χ4n) is 2.62. The van der Waals surface area contributed by atoms with Gasteiger partial charge in [-0.05, 0) is 74.4 Å².